The molecule has 1 saturated heterocycles. The first-order chi connectivity index (χ1) is 24.2. The van der Waals surface area contributed by atoms with Gasteiger partial charge in [0.2, 0.25) is 5.91 Å². The molecule has 1 aliphatic rings. The number of likely N-dealkylation sites (tertiary alicyclic amines) is 1. The number of piperidine rings is 1. The molecule has 0 unspecified atom stereocenters. The van der Waals surface area contributed by atoms with Crippen LogP contribution in [0.25, 0.3) is 10.9 Å². The highest BCUT2D eigenvalue weighted by Crippen LogP contribution is 2.38. The number of nitrogens with zero attached hydrogens (tertiary/aromatic N) is 1. The topological polar surface area (TPSA) is 86.5 Å². The van der Waals surface area contributed by atoms with Crippen LogP contribution in [0.3, 0.4) is 0 Å². The molecule has 0 spiro atoms. The Labute approximate surface area is 296 Å². The van der Waals surface area contributed by atoms with Gasteiger partial charge in [-0.1, -0.05) is 54.1 Å². The Kier molecular flexibility index (Phi) is 11.1. The van der Waals surface area contributed by atoms with E-state index in [9.17, 15) is 18.4 Å². The van der Waals surface area contributed by atoms with Gasteiger partial charge < -0.3 is 25.3 Å². The van der Waals surface area contributed by atoms with Crippen LogP contribution in [0.1, 0.15) is 58.8 Å². The minimum Gasteiger partial charge on any atom is -0.496 e. The number of hydrogen-bond acceptors (Lipinski definition) is 4. The molecule has 2 amide bonds. The first-order valence-corrected chi connectivity index (χ1v) is 17.3. The van der Waals surface area contributed by atoms with Crippen molar-refractivity contribution in [2.75, 3.05) is 39.8 Å². The van der Waals surface area contributed by atoms with Crippen molar-refractivity contribution in [3.05, 3.63) is 136 Å². The summed E-state index contributed by atoms with van der Waals surface area (Å²) in [6.45, 7) is 2.65. The smallest absolute Gasteiger partial charge is 0.268 e. The molecule has 0 aliphatic carbocycles. The molecule has 1 fully saturated rings. The molecule has 10 heteroatoms. The largest absolute Gasteiger partial charge is 0.496 e. The van der Waals surface area contributed by atoms with Crippen molar-refractivity contribution in [2.24, 2.45) is 0 Å². The number of carbonyl (C=O) groups is 2. The highest BCUT2D eigenvalue weighted by atomic mass is 35.5. The Hall–Kier alpha value is -4.73. The number of carbonyl (C=O) groups excluding carboxylic acids is 2. The number of aromatic amines is 1. The first-order valence-electron chi connectivity index (χ1n) is 16.9. The average molecular weight is 699 g/mol. The van der Waals surface area contributed by atoms with Gasteiger partial charge in [0.1, 0.15) is 23.1 Å². The van der Waals surface area contributed by atoms with Gasteiger partial charge in [-0.05, 0) is 123 Å². The van der Waals surface area contributed by atoms with Crippen LogP contribution in [0, 0.1) is 11.6 Å². The van der Waals surface area contributed by atoms with E-state index in [0.29, 0.717) is 23.1 Å². The molecule has 6 rings (SSSR count). The van der Waals surface area contributed by atoms with E-state index in [0.717, 1.165) is 66.7 Å². The highest BCUT2D eigenvalue weighted by molar-refractivity contribution is 6.31. The zero-order chi connectivity index (χ0) is 35.1. The second kappa shape index (κ2) is 15.9. The maximum absolute atomic E-state index is 14.2. The third kappa shape index (κ3) is 8.17. The highest BCUT2D eigenvalue weighted by Gasteiger charge is 2.35. The monoisotopic (exact) mass is 698 g/mol. The van der Waals surface area contributed by atoms with Crippen LogP contribution in [0.5, 0.6) is 5.75 Å². The fourth-order valence-corrected chi connectivity index (χ4v) is 7.34. The third-order valence-electron chi connectivity index (χ3n) is 9.86. The minimum atomic E-state index is -0.784. The standard InChI is InChI=1S/C40H41ClF2N4O3/c1-50-37-6-3-2-5-34(37)27-17-21-47(22-18-27)20-4-19-40(29-7-12-32(42)13-8-29,30-9-14-33(43)15-10-30)26-45-38(48)25-44-39(49)36-24-28-23-31(41)11-16-35(28)46-36/h2-3,5-16,23-24,27,46H,4,17-22,25-26H2,1H3,(H,44,49)(H,45,48). The Balaban J connectivity index is 1.14. The van der Waals surface area contributed by atoms with Crippen molar-refractivity contribution in [1.29, 1.82) is 0 Å². The van der Waals surface area contributed by atoms with Crippen molar-refractivity contribution in [1.82, 2.24) is 20.5 Å². The first kappa shape index (κ1) is 35.1. The summed E-state index contributed by atoms with van der Waals surface area (Å²) in [5.74, 6) is -0.185. The maximum atomic E-state index is 14.2. The minimum absolute atomic E-state index is 0.166. The van der Waals surface area contributed by atoms with Gasteiger partial charge in [0.15, 0.2) is 0 Å². The third-order valence-corrected chi connectivity index (χ3v) is 10.1. The SMILES string of the molecule is COc1ccccc1C1CCN(CCCC(CNC(=O)CNC(=O)c2cc3cc(Cl)ccc3[nH]2)(c2ccc(F)cc2)c2ccc(F)cc2)CC1. The van der Waals surface area contributed by atoms with Crippen LogP contribution in [0.4, 0.5) is 8.78 Å². The van der Waals surface area contributed by atoms with E-state index in [4.69, 9.17) is 16.3 Å². The van der Waals surface area contributed by atoms with Gasteiger partial charge in [0.05, 0.1) is 13.7 Å². The molecule has 0 saturated carbocycles. The molecule has 3 N–H and O–H groups in total. The number of benzene rings is 4. The van der Waals surface area contributed by atoms with Gasteiger partial charge >= 0.3 is 0 Å². The normalized spacial score (nSPS) is 14.1. The quantitative estimate of drug-likeness (QED) is 0.118. The van der Waals surface area contributed by atoms with E-state index in [1.54, 1.807) is 55.6 Å². The molecule has 1 aliphatic heterocycles. The van der Waals surface area contributed by atoms with Crippen molar-refractivity contribution in [3.63, 3.8) is 0 Å². The van der Waals surface area contributed by atoms with Crippen LogP contribution >= 0.6 is 11.6 Å². The number of amides is 2. The summed E-state index contributed by atoms with van der Waals surface area (Å²) in [5.41, 5.74) is 3.15. The Bertz CT molecular complexity index is 1880. The number of para-hydroxylation sites is 1. The lowest BCUT2D eigenvalue weighted by Gasteiger charge is -2.37. The summed E-state index contributed by atoms with van der Waals surface area (Å²) in [4.78, 5) is 31.6. The second-order valence-electron chi connectivity index (χ2n) is 12.9. The number of rotatable bonds is 13. The van der Waals surface area contributed by atoms with E-state index in [1.807, 2.05) is 12.1 Å². The Morgan fingerprint density at radius 1 is 0.900 bits per heavy atom. The van der Waals surface area contributed by atoms with Gasteiger partial charge in [0, 0.05) is 27.9 Å². The zero-order valence-electron chi connectivity index (χ0n) is 28.0. The number of methoxy groups -OCH3 is 1. The molecule has 4 aromatic carbocycles. The summed E-state index contributed by atoms with van der Waals surface area (Å²) < 4.78 is 33.9. The van der Waals surface area contributed by atoms with Gasteiger partial charge in [0.25, 0.3) is 5.91 Å². The van der Waals surface area contributed by atoms with Crippen LogP contribution in [0.2, 0.25) is 5.02 Å². The van der Waals surface area contributed by atoms with E-state index in [1.165, 1.54) is 29.8 Å². The molecule has 0 bridgehead atoms. The summed E-state index contributed by atoms with van der Waals surface area (Å²) in [6, 6.07) is 27.7. The number of hydrogen-bond donors (Lipinski definition) is 3. The maximum Gasteiger partial charge on any atom is 0.268 e. The molecular formula is C40H41ClF2N4O3. The van der Waals surface area contributed by atoms with Gasteiger partial charge in [-0.15, -0.1) is 0 Å². The van der Waals surface area contributed by atoms with Crippen molar-refractivity contribution >= 4 is 34.3 Å². The Morgan fingerprint density at radius 3 is 2.22 bits per heavy atom. The van der Waals surface area contributed by atoms with Gasteiger partial charge in [-0.25, -0.2) is 8.78 Å². The van der Waals surface area contributed by atoms with E-state index < -0.39 is 11.3 Å². The van der Waals surface area contributed by atoms with Crippen molar-refractivity contribution in [2.45, 2.75) is 37.0 Å². The number of nitrogens with one attached hydrogen (secondary N) is 3. The van der Waals surface area contributed by atoms with Gasteiger partial charge in [-0.3, -0.25) is 9.59 Å². The molecule has 1 aromatic heterocycles. The number of ether oxygens (including phenoxy) is 1. The fraction of sp³-hybridized carbons (Fsp3) is 0.300. The number of halogens is 3. The predicted molar refractivity (Wildman–Crippen MR) is 193 cm³/mol. The zero-order valence-corrected chi connectivity index (χ0v) is 28.7. The van der Waals surface area contributed by atoms with Crippen LogP contribution in [-0.2, 0) is 10.2 Å². The molecular weight excluding hydrogens is 658 g/mol. The fourth-order valence-electron chi connectivity index (χ4n) is 7.15. The van der Waals surface area contributed by atoms with Crippen molar-refractivity contribution < 1.29 is 23.1 Å². The van der Waals surface area contributed by atoms with E-state index in [-0.39, 0.29) is 30.6 Å². The van der Waals surface area contributed by atoms with Crippen LogP contribution in [-0.4, -0.2) is 61.5 Å². The van der Waals surface area contributed by atoms with Crippen LogP contribution < -0.4 is 15.4 Å². The Morgan fingerprint density at radius 2 is 1.56 bits per heavy atom. The molecule has 50 heavy (non-hydrogen) atoms. The average Bonchev–Trinajstić information content (AvgIpc) is 3.56. The summed E-state index contributed by atoms with van der Waals surface area (Å²) >= 11 is 6.08. The molecule has 260 valence electrons. The number of fused-ring (bicyclic) bond motifs is 1. The van der Waals surface area contributed by atoms with Crippen molar-refractivity contribution in [3.8, 4) is 5.75 Å². The van der Waals surface area contributed by atoms with E-state index in [2.05, 4.69) is 32.7 Å². The molecule has 7 nitrogen and oxygen atoms in total. The second-order valence-corrected chi connectivity index (χ2v) is 13.4. The lowest BCUT2D eigenvalue weighted by Crippen LogP contribution is -2.45. The molecule has 5 aromatic rings. The predicted octanol–water partition coefficient (Wildman–Crippen LogP) is 7.60. The summed E-state index contributed by atoms with van der Waals surface area (Å²) in [6.07, 6.45) is 3.44. The van der Waals surface area contributed by atoms with Crippen LogP contribution in [0.15, 0.2) is 97.1 Å². The molecule has 2 heterocycles. The van der Waals surface area contributed by atoms with Gasteiger partial charge in [-0.2, -0.15) is 0 Å². The number of aromatic nitrogens is 1. The molecule has 0 atom stereocenters. The lowest BCUT2D eigenvalue weighted by atomic mass is 9.71. The summed E-state index contributed by atoms with van der Waals surface area (Å²) in [7, 11) is 1.71. The molecule has 0 radical (unpaired) electrons. The lowest BCUT2D eigenvalue weighted by molar-refractivity contribution is -0.120. The number of H-pyrrole nitrogens is 1. The summed E-state index contributed by atoms with van der Waals surface area (Å²) in [5, 5.41) is 7.05. The van der Waals surface area contributed by atoms with E-state index >= 15 is 0 Å².